The molecule has 0 amide bonds. The zero-order chi connectivity index (χ0) is 13.0. The van der Waals surface area contributed by atoms with Gasteiger partial charge in [-0.25, -0.2) is 0 Å². The summed E-state index contributed by atoms with van der Waals surface area (Å²) in [4.78, 5) is 37.1. The molecule has 16 heavy (non-hydrogen) atoms. The molecule has 0 radical (unpaired) electrons. The van der Waals surface area contributed by atoms with Crippen molar-refractivity contribution >= 4 is 24.1 Å². The Morgan fingerprint density at radius 2 is 1.06 bits per heavy atom. The van der Waals surface area contributed by atoms with E-state index in [1.807, 2.05) is 0 Å². The molecule has 9 heteroatoms. The first kappa shape index (κ1) is 24.2. The van der Waals surface area contributed by atoms with Gasteiger partial charge in [0.05, 0.1) is 0 Å². The maximum atomic E-state index is 9.81. The van der Waals surface area contributed by atoms with Gasteiger partial charge in [0.25, 0.3) is 5.97 Å². The summed E-state index contributed by atoms with van der Waals surface area (Å²) in [5, 5.41) is 22.7. The topological polar surface area (TPSA) is 141 Å². The average Bonchev–Trinajstić information content (AvgIpc) is 1.78. The standard InChI is InChI=1S/C4H6O3.C2H4O2.CH2O3.Na/c1-3(5)7-4(2)6;1-2(3)4;2-1(3)4;/h1-2H3;1H3,(H,3,4);(H2,2,3,4);/q;;;+1/p-1. The number of carbonyl (C=O) groups excluding carboxylic acids is 2. The van der Waals surface area contributed by atoms with Crippen molar-refractivity contribution in [3.63, 3.8) is 0 Å². The monoisotopic (exact) mass is 246 g/mol. The minimum absolute atomic E-state index is 0. The third-order valence-corrected chi connectivity index (χ3v) is 0.287. The van der Waals surface area contributed by atoms with Crippen LogP contribution >= 0.6 is 0 Å². The third-order valence-electron chi connectivity index (χ3n) is 0.287. The first-order valence-corrected chi connectivity index (χ1v) is 3.38. The van der Waals surface area contributed by atoms with Crippen LogP contribution in [-0.4, -0.2) is 34.3 Å². The predicted octanol–water partition coefficient (Wildman–Crippen LogP) is -3.92. The maximum absolute atomic E-state index is 9.81. The average molecular weight is 246 g/mol. The second-order valence-corrected chi connectivity index (χ2v) is 1.87. The van der Waals surface area contributed by atoms with Crippen LogP contribution < -0.4 is 34.7 Å². The van der Waals surface area contributed by atoms with E-state index >= 15 is 0 Å². The first-order chi connectivity index (χ1) is 6.59. The van der Waals surface area contributed by atoms with Gasteiger partial charge in [-0.1, -0.05) is 0 Å². The van der Waals surface area contributed by atoms with Gasteiger partial charge in [-0.2, -0.15) is 0 Å². The molecule has 0 aromatic carbocycles. The van der Waals surface area contributed by atoms with Crippen LogP contribution in [0.2, 0.25) is 0 Å². The summed E-state index contributed by atoms with van der Waals surface area (Å²) in [7, 11) is 0. The van der Waals surface area contributed by atoms with E-state index in [2.05, 4.69) is 4.74 Å². The van der Waals surface area contributed by atoms with Gasteiger partial charge in [0.1, 0.15) is 0 Å². The molecule has 2 N–H and O–H groups in total. The number of aliphatic carboxylic acids is 1. The molecule has 0 saturated carbocycles. The Bertz CT molecular complexity index is 205. The number of carboxylic acid groups (broad SMARTS) is 3. The second kappa shape index (κ2) is 16.3. The number of carbonyl (C=O) groups is 4. The van der Waals surface area contributed by atoms with Crippen molar-refractivity contribution in [1.29, 1.82) is 0 Å². The minimum Gasteiger partial charge on any atom is -0.565 e. The molecule has 0 saturated heterocycles. The van der Waals surface area contributed by atoms with Crippen LogP contribution in [0.25, 0.3) is 0 Å². The van der Waals surface area contributed by atoms with Gasteiger partial charge in [0.2, 0.25) is 6.16 Å². The maximum Gasteiger partial charge on any atom is 1.00 e. The number of esters is 2. The number of rotatable bonds is 0. The number of hydrogen-bond acceptors (Lipinski definition) is 6. The van der Waals surface area contributed by atoms with E-state index in [0.717, 1.165) is 6.92 Å². The smallest absolute Gasteiger partial charge is 0.565 e. The van der Waals surface area contributed by atoms with Crippen molar-refractivity contribution in [3.05, 3.63) is 0 Å². The van der Waals surface area contributed by atoms with Crippen LogP contribution in [-0.2, 0) is 19.1 Å². The zero-order valence-corrected chi connectivity index (χ0v) is 11.3. The van der Waals surface area contributed by atoms with Crippen molar-refractivity contribution in [3.8, 4) is 0 Å². The molecule has 0 fully saturated rings. The van der Waals surface area contributed by atoms with Crippen molar-refractivity contribution in [2.45, 2.75) is 20.8 Å². The van der Waals surface area contributed by atoms with Crippen LogP contribution in [0.5, 0.6) is 0 Å². The van der Waals surface area contributed by atoms with E-state index in [1.165, 1.54) is 13.8 Å². The zero-order valence-electron chi connectivity index (χ0n) is 9.34. The summed E-state index contributed by atoms with van der Waals surface area (Å²) < 4.78 is 3.97. The Morgan fingerprint density at radius 1 is 0.938 bits per heavy atom. The summed E-state index contributed by atoms with van der Waals surface area (Å²) >= 11 is 0. The second-order valence-electron chi connectivity index (χ2n) is 1.87. The number of hydrogen-bond donors (Lipinski definition) is 2. The summed E-state index contributed by atoms with van der Waals surface area (Å²) in [5.41, 5.74) is 0. The summed E-state index contributed by atoms with van der Waals surface area (Å²) in [5.74, 6) is -1.96. The van der Waals surface area contributed by atoms with Crippen LogP contribution in [0.4, 0.5) is 4.79 Å². The Morgan fingerprint density at radius 3 is 1.06 bits per heavy atom. The molecule has 0 aromatic heterocycles. The molecule has 0 unspecified atom stereocenters. The van der Waals surface area contributed by atoms with Gasteiger partial charge in [-0.3, -0.25) is 14.4 Å². The molecular formula is C7H11NaO8. The predicted molar refractivity (Wildman–Crippen MR) is 43.8 cm³/mol. The van der Waals surface area contributed by atoms with Gasteiger partial charge in [0, 0.05) is 20.8 Å². The molecule has 0 atom stereocenters. The number of carboxylic acids is 1. The fourth-order valence-electron chi connectivity index (χ4n) is 0.202. The quantitative estimate of drug-likeness (QED) is 0.251. The molecule has 88 valence electrons. The van der Waals surface area contributed by atoms with E-state index in [0.29, 0.717) is 0 Å². The fourth-order valence-corrected chi connectivity index (χ4v) is 0.202. The SMILES string of the molecule is CC(=O)O.CC(=O)OC(C)=O.O=C([O-])O.[Na+]. The Hall–Kier alpha value is -1.12. The van der Waals surface area contributed by atoms with Gasteiger partial charge in [-0.05, 0) is 0 Å². The largest absolute Gasteiger partial charge is 1.00 e. The summed E-state index contributed by atoms with van der Waals surface area (Å²) in [6.07, 6.45) is -2.08. The molecule has 0 spiro atoms. The Balaban J connectivity index is -0.0000000700. The third kappa shape index (κ3) is 219. The van der Waals surface area contributed by atoms with E-state index in [9.17, 15) is 9.59 Å². The summed E-state index contributed by atoms with van der Waals surface area (Å²) in [6, 6.07) is 0. The molecular weight excluding hydrogens is 235 g/mol. The molecule has 0 bridgehead atoms. The minimum atomic E-state index is -2.08. The van der Waals surface area contributed by atoms with Gasteiger partial charge in [-0.15, -0.1) is 0 Å². The molecule has 0 aliphatic heterocycles. The number of ether oxygens (including phenoxy) is 1. The van der Waals surface area contributed by atoms with Crippen molar-refractivity contribution in [2.75, 3.05) is 0 Å². The van der Waals surface area contributed by atoms with Crippen molar-refractivity contribution in [2.24, 2.45) is 0 Å². The van der Waals surface area contributed by atoms with Crippen LogP contribution in [0, 0.1) is 0 Å². The van der Waals surface area contributed by atoms with Gasteiger partial charge >= 0.3 is 41.5 Å². The fraction of sp³-hybridized carbons (Fsp3) is 0.429. The Kier molecular flexibility index (Phi) is 24.7. The van der Waals surface area contributed by atoms with E-state index in [1.54, 1.807) is 0 Å². The molecule has 0 heterocycles. The van der Waals surface area contributed by atoms with Crippen LogP contribution in [0.3, 0.4) is 0 Å². The van der Waals surface area contributed by atoms with E-state index < -0.39 is 24.1 Å². The van der Waals surface area contributed by atoms with Crippen LogP contribution in [0.1, 0.15) is 20.8 Å². The van der Waals surface area contributed by atoms with Gasteiger partial charge in [0.15, 0.2) is 0 Å². The van der Waals surface area contributed by atoms with Crippen molar-refractivity contribution in [1.82, 2.24) is 0 Å². The van der Waals surface area contributed by atoms with Crippen molar-refractivity contribution < 1.29 is 68.8 Å². The normalized spacial score (nSPS) is 6.44. The summed E-state index contributed by atoms with van der Waals surface area (Å²) in [6.45, 7) is 3.45. The molecule has 0 aromatic rings. The Labute approximate surface area is 113 Å². The molecule has 0 rings (SSSR count). The molecule has 0 aliphatic rings. The molecule has 0 aliphatic carbocycles. The first-order valence-electron chi connectivity index (χ1n) is 3.38. The van der Waals surface area contributed by atoms with E-state index in [-0.39, 0.29) is 29.6 Å². The van der Waals surface area contributed by atoms with Crippen LogP contribution in [0.15, 0.2) is 0 Å². The molecule has 8 nitrogen and oxygen atoms in total. The van der Waals surface area contributed by atoms with E-state index in [4.69, 9.17) is 24.9 Å². The van der Waals surface area contributed by atoms with Gasteiger partial charge < -0.3 is 24.9 Å².